The standard InChI is InChI=1S/C18H31N3O3/c22-17(20-7-3-4-8-20)21-9-10-23-15-18(14-21)11-16(13-24-18)12-19-5-1-2-6-19/h16H,1-15H2. The summed E-state index contributed by atoms with van der Waals surface area (Å²) in [5.74, 6) is 0.577. The molecule has 0 aliphatic carbocycles. The van der Waals surface area contributed by atoms with Crippen molar-refractivity contribution in [2.75, 3.05) is 65.6 Å². The van der Waals surface area contributed by atoms with Crippen molar-refractivity contribution in [1.82, 2.24) is 14.7 Å². The number of hydrogen-bond donors (Lipinski definition) is 0. The first kappa shape index (κ1) is 16.6. The normalized spacial score (nSPS) is 35.1. The molecule has 2 atom stereocenters. The number of amides is 2. The zero-order valence-electron chi connectivity index (χ0n) is 14.8. The molecule has 4 rings (SSSR count). The number of urea groups is 1. The molecule has 4 aliphatic rings. The summed E-state index contributed by atoms with van der Waals surface area (Å²) in [6, 6.07) is 0.184. The third-order valence-electron chi connectivity index (χ3n) is 6.00. The summed E-state index contributed by atoms with van der Waals surface area (Å²) in [6.45, 7) is 8.88. The highest BCUT2D eigenvalue weighted by atomic mass is 16.5. The van der Waals surface area contributed by atoms with Crippen LogP contribution in [0.5, 0.6) is 0 Å². The van der Waals surface area contributed by atoms with Crippen LogP contribution in [0.1, 0.15) is 32.1 Å². The van der Waals surface area contributed by atoms with Gasteiger partial charge in [-0.15, -0.1) is 0 Å². The van der Waals surface area contributed by atoms with Gasteiger partial charge in [0.25, 0.3) is 0 Å². The van der Waals surface area contributed by atoms with Gasteiger partial charge in [0.1, 0.15) is 5.60 Å². The van der Waals surface area contributed by atoms with Crippen molar-refractivity contribution in [3.63, 3.8) is 0 Å². The molecular weight excluding hydrogens is 306 g/mol. The zero-order valence-corrected chi connectivity index (χ0v) is 14.8. The molecule has 0 aromatic rings. The van der Waals surface area contributed by atoms with E-state index in [1.165, 1.54) is 25.9 Å². The smallest absolute Gasteiger partial charge is 0.320 e. The Morgan fingerprint density at radius 1 is 1.00 bits per heavy atom. The summed E-state index contributed by atoms with van der Waals surface area (Å²) in [6.07, 6.45) is 5.96. The fourth-order valence-electron chi connectivity index (χ4n) is 4.77. The third-order valence-corrected chi connectivity index (χ3v) is 6.00. The Kier molecular flexibility index (Phi) is 4.97. The Morgan fingerprint density at radius 3 is 2.54 bits per heavy atom. The quantitative estimate of drug-likeness (QED) is 0.764. The molecular formula is C18H31N3O3. The van der Waals surface area contributed by atoms with Crippen LogP contribution in [-0.2, 0) is 9.47 Å². The summed E-state index contributed by atoms with van der Waals surface area (Å²) in [5.41, 5.74) is -0.281. The number of hydrogen-bond acceptors (Lipinski definition) is 4. The maximum Gasteiger partial charge on any atom is 0.320 e. The van der Waals surface area contributed by atoms with Gasteiger partial charge in [-0.3, -0.25) is 0 Å². The maximum absolute atomic E-state index is 12.8. The number of nitrogens with zero attached hydrogens (tertiary/aromatic N) is 3. The van der Waals surface area contributed by atoms with Gasteiger partial charge in [0.15, 0.2) is 0 Å². The Labute approximate surface area is 145 Å². The number of carbonyl (C=O) groups is 1. The van der Waals surface area contributed by atoms with Crippen LogP contribution in [0.3, 0.4) is 0 Å². The first-order valence-electron chi connectivity index (χ1n) is 9.72. The minimum Gasteiger partial charge on any atom is -0.377 e. The average molecular weight is 337 g/mol. The first-order chi connectivity index (χ1) is 11.7. The Morgan fingerprint density at radius 2 is 1.75 bits per heavy atom. The van der Waals surface area contributed by atoms with Gasteiger partial charge < -0.3 is 24.2 Å². The first-order valence-corrected chi connectivity index (χ1v) is 9.72. The second-order valence-electron chi connectivity index (χ2n) is 8.02. The van der Waals surface area contributed by atoms with Crippen LogP contribution in [-0.4, -0.2) is 92.0 Å². The molecule has 0 saturated carbocycles. The highest BCUT2D eigenvalue weighted by Crippen LogP contribution is 2.34. The number of ether oxygens (including phenoxy) is 2. The predicted octanol–water partition coefficient (Wildman–Crippen LogP) is 1.41. The fraction of sp³-hybridized carbons (Fsp3) is 0.944. The molecule has 2 unspecified atom stereocenters. The van der Waals surface area contributed by atoms with Gasteiger partial charge in [-0.1, -0.05) is 0 Å². The lowest BCUT2D eigenvalue weighted by Crippen LogP contribution is -2.50. The molecule has 6 heteroatoms. The van der Waals surface area contributed by atoms with Crippen molar-refractivity contribution in [2.45, 2.75) is 37.7 Å². The number of carbonyl (C=O) groups excluding carboxylic acids is 1. The van der Waals surface area contributed by atoms with E-state index in [0.717, 1.165) is 45.5 Å². The second-order valence-corrected chi connectivity index (χ2v) is 8.02. The van der Waals surface area contributed by atoms with E-state index >= 15 is 0 Å². The van der Waals surface area contributed by atoms with E-state index in [2.05, 4.69) is 4.90 Å². The minimum absolute atomic E-state index is 0.184. The van der Waals surface area contributed by atoms with Crippen LogP contribution in [0.2, 0.25) is 0 Å². The van der Waals surface area contributed by atoms with E-state index in [1.54, 1.807) is 0 Å². The lowest BCUT2D eigenvalue weighted by Gasteiger charge is -2.33. The van der Waals surface area contributed by atoms with Crippen molar-refractivity contribution in [1.29, 1.82) is 0 Å². The summed E-state index contributed by atoms with van der Waals surface area (Å²) in [5, 5.41) is 0. The van der Waals surface area contributed by atoms with E-state index in [0.29, 0.717) is 32.2 Å². The topological polar surface area (TPSA) is 45.2 Å². The molecule has 2 amide bonds. The van der Waals surface area contributed by atoms with E-state index in [-0.39, 0.29) is 11.6 Å². The fourth-order valence-corrected chi connectivity index (χ4v) is 4.77. The Balaban J connectivity index is 1.37. The molecule has 4 aliphatic heterocycles. The molecule has 0 aromatic heterocycles. The molecule has 0 bridgehead atoms. The van der Waals surface area contributed by atoms with Gasteiger partial charge in [-0.05, 0) is 51.1 Å². The summed E-state index contributed by atoms with van der Waals surface area (Å²) < 4.78 is 12.1. The van der Waals surface area contributed by atoms with Crippen molar-refractivity contribution < 1.29 is 14.3 Å². The van der Waals surface area contributed by atoms with Crippen molar-refractivity contribution >= 4 is 6.03 Å². The van der Waals surface area contributed by atoms with E-state index in [9.17, 15) is 4.79 Å². The lowest BCUT2D eigenvalue weighted by molar-refractivity contribution is -0.0537. The molecule has 0 radical (unpaired) electrons. The Bertz CT molecular complexity index is 449. The highest BCUT2D eigenvalue weighted by molar-refractivity contribution is 5.74. The van der Waals surface area contributed by atoms with Crippen LogP contribution in [0.15, 0.2) is 0 Å². The van der Waals surface area contributed by atoms with Crippen LogP contribution in [0, 0.1) is 5.92 Å². The van der Waals surface area contributed by atoms with Gasteiger partial charge >= 0.3 is 6.03 Å². The molecule has 4 saturated heterocycles. The third kappa shape index (κ3) is 3.55. The van der Waals surface area contributed by atoms with Gasteiger partial charge in [0.2, 0.25) is 0 Å². The highest BCUT2D eigenvalue weighted by Gasteiger charge is 2.45. The summed E-state index contributed by atoms with van der Waals surface area (Å²) >= 11 is 0. The van der Waals surface area contributed by atoms with Gasteiger partial charge in [0.05, 0.1) is 26.4 Å². The van der Waals surface area contributed by atoms with Gasteiger partial charge in [-0.2, -0.15) is 0 Å². The van der Waals surface area contributed by atoms with Crippen molar-refractivity contribution in [3.05, 3.63) is 0 Å². The average Bonchev–Trinajstić information content (AvgIpc) is 3.30. The molecule has 4 heterocycles. The molecule has 4 fully saturated rings. The SMILES string of the molecule is O=C(N1CCCC1)N1CCOCC2(CC(CN3CCCC3)CO2)C1. The summed E-state index contributed by atoms with van der Waals surface area (Å²) in [4.78, 5) is 19.3. The van der Waals surface area contributed by atoms with Crippen LogP contribution >= 0.6 is 0 Å². The monoisotopic (exact) mass is 337 g/mol. The lowest BCUT2D eigenvalue weighted by atomic mass is 9.94. The largest absolute Gasteiger partial charge is 0.377 e. The van der Waals surface area contributed by atoms with Crippen LogP contribution in [0.25, 0.3) is 0 Å². The van der Waals surface area contributed by atoms with Gasteiger partial charge in [-0.25, -0.2) is 4.79 Å². The molecule has 136 valence electrons. The van der Waals surface area contributed by atoms with E-state index in [4.69, 9.17) is 9.47 Å². The molecule has 24 heavy (non-hydrogen) atoms. The second kappa shape index (κ2) is 7.18. The van der Waals surface area contributed by atoms with E-state index < -0.39 is 0 Å². The molecule has 6 nitrogen and oxygen atoms in total. The summed E-state index contributed by atoms with van der Waals surface area (Å²) in [7, 11) is 0. The Hall–Kier alpha value is -0.850. The van der Waals surface area contributed by atoms with E-state index in [1.807, 2.05) is 9.80 Å². The van der Waals surface area contributed by atoms with Crippen molar-refractivity contribution in [3.8, 4) is 0 Å². The molecule has 1 spiro atoms. The predicted molar refractivity (Wildman–Crippen MR) is 91.1 cm³/mol. The molecule has 0 aromatic carbocycles. The number of rotatable bonds is 2. The zero-order chi connectivity index (χ0) is 16.4. The minimum atomic E-state index is -0.281. The van der Waals surface area contributed by atoms with Crippen LogP contribution in [0.4, 0.5) is 4.79 Å². The van der Waals surface area contributed by atoms with Crippen molar-refractivity contribution in [2.24, 2.45) is 5.92 Å². The van der Waals surface area contributed by atoms with Crippen LogP contribution < -0.4 is 0 Å². The number of likely N-dealkylation sites (tertiary alicyclic amines) is 2. The molecule has 0 N–H and O–H groups in total. The van der Waals surface area contributed by atoms with Gasteiger partial charge in [0, 0.05) is 26.2 Å². The maximum atomic E-state index is 12.8.